The quantitative estimate of drug-likeness (QED) is 0.282. The molecule has 2 heterocycles. The molecule has 1 aliphatic carbocycles. The normalized spacial score (nSPS) is 16.9. The summed E-state index contributed by atoms with van der Waals surface area (Å²) in [6.07, 6.45) is 7.32. The predicted octanol–water partition coefficient (Wildman–Crippen LogP) is 3.04. The van der Waals surface area contributed by atoms with E-state index in [1.165, 1.54) is 0 Å². The molecule has 0 unspecified atom stereocenters. The van der Waals surface area contributed by atoms with E-state index in [0.29, 0.717) is 34.7 Å². The van der Waals surface area contributed by atoms with Crippen LogP contribution in [0.5, 0.6) is 0 Å². The number of fused-ring (bicyclic) bond motifs is 1. The highest BCUT2D eigenvalue weighted by atomic mass is 127. The highest BCUT2D eigenvalue weighted by molar-refractivity contribution is 14.1. The van der Waals surface area contributed by atoms with Gasteiger partial charge in [0.1, 0.15) is 15.1 Å². The maximum absolute atomic E-state index is 12.8. The third kappa shape index (κ3) is 5.49. The van der Waals surface area contributed by atoms with Crippen LogP contribution in [-0.4, -0.2) is 47.3 Å². The van der Waals surface area contributed by atoms with Gasteiger partial charge in [0.2, 0.25) is 10.0 Å². The number of halogens is 2. The summed E-state index contributed by atoms with van der Waals surface area (Å²) in [5, 5.41) is 10.1. The maximum atomic E-state index is 12.8. The number of carbonyl (C=O) groups excluding carboxylic acids is 1. The Morgan fingerprint density at radius 1 is 1.38 bits per heavy atom. The van der Waals surface area contributed by atoms with Crippen LogP contribution in [0.4, 0.5) is 0 Å². The van der Waals surface area contributed by atoms with E-state index in [0.717, 1.165) is 42.0 Å². The first kappa shape index (κ1) is 22.9. The van der Waals surface area contributed by atoms with Gasteiger partial charge in [0, 0.05) is 37.2 Å². The molecule has 0 aromatic carbocycles. The fourth-order valence-corrected chi connectivity index (χ4v) is 6.77. The van der Waals surface area contributed by atoms with Gasteiger partial charge < -0.3 is 14.5 Å². The highest BCUT2D eigenvalue weighted by Gasteiger charge is 2.29. The lowest BCUT2D eigenvalue weighted by Gasteiger charge is -2.25. The van der Waals surface area contributed by atoms with Gasteiger partial charge >= 0.3 is 0 Å². The minimum Gasteiger partial charge on any atom is -0.396 e. The average molecular weight is 554 g/mol. The zero-order valence-electron chi connectivity index (χ0n) is 16.0. The van der Waals surface area contributed by atoms with Crippen LogP contribution >= 0.6 is 34.2 Å². The molecule has 0 bridgehead atoms. The molecule has 7 nitrogen and oxygen atoms in total. The number of carbonyl (C=O) groups is 1. The number of nitrogens with zero attached hydrogens (tertiary/aromatic N) is 2. The summed E-state index contributed by atoms with van der Waals surface area (Å²) in [5.74, 6) is 0. The number of aliphatic hydroxyl groups excluding tert-OH is 1. The van der Waals surface area contributed by atoms with Crippen LogP contribution in [-0.2, 0) is 27.8 Å². The Bertz CT molecular complexity index is 973. The van der Waals surface area contributed by atoms with Crippen LogP contribution < -0.4 is 4.72 Å². The van der Waals surface area contributed by atoms with E-state index in [1.807, 2.05) is 16.8 Å². The molecule has 0 radical (unpaired) electrons. The third-order valence-electron chi connectivity index (χ3n) is 5.37. The first-order valence-corrected chi connectivity index (χ1v) is 12.8. The van der Waals surface area contributed by atoms with Gasteiger partial charge in [0.05, 0.1) is 10.8 Å². The van der Waals surface area contributed by atoms with E-state index in [2.05, 4.69) is 32.3 Å². The smallest absolute Gasteiger partial charge is 0.214 e. The summed E-state index contributed by atoms with van der Waals surface area (Å²) >= 11 is 8.42. The Labute approximate surface area is 189 Å². The van der Waals surface area contributed by atoms with Gasteiger partial charge in [0.25, 0.3) is 0 Å². The van der Waals surface area contributed by atoms with E-state index >= 15 is 0 Å². The maximum Gasteiger partial charge on any atom is 0.214 e. The fraction of sp³-hybridized carbons (Fsp3) is 0.579. The van der Waals surface area contributed by atoms with Crippen molar-refractivity contribution in [2.75, 3.05) is 6.61 Å². The topological polar surface area (TPSA) is 101 Å². The van der Waals surface area contributed by atoms with E-state index < -0.39 is 21.3 Å². The second-order valence-electron chi connectivity index (χ2n) is 7.43. The van der Waals surface area contributed by atoms with Crippen molar-refractivity contribution in [3.63, 3.8) is 0 Å². The van der Waals surface area contributed by atoms with Crippen LogP contribution in [0.25, 0.3) is 10.9 Å². The van der Waals surface area contributed by atoms with Crippen LogP contribution in [0.1, 0.15) is 44.1 Å². The number of pyridine rings is 1. The Hall–Kier alpha value is -0.750. The molecule has 0 saturated heterocycles. The molecule has 0 spiro atoms. The van der Waals surface area contributed by atoms with E-state index in [-0.39, 0.29) is 13.0 Å². The molecule has 160 valence electrons. The first-order chi connectivity index (χ1) is 13.9. The molecule has 29 heavy (non-hydrogen) atoms. The van der Waals surface area contributed by atoms with Gasteiger partial charge in [-0.25, -0.2) is 18.1 Å². The molecular weight excluding hydrogens is 529 g/mol. The predicted molar refractivity (Wildman–Crippen MR) is 122 cm³/mol. The number of hydrogen-bond donors (Lipinski definition) is 2. The third-order valence-corrected chi connectivity index (χ3v) is 8.20. The molecule has 1 atom stereocenters. The molecule has 1 saturated carbocycles. The number of rotatable bonds is 9. The lowest BCUT2D eigenvalue weighted by Crippen LogP contribution is -2.43. The Kier molecular flexibility index (Phi) is 7.94. The van der Waals surface area contributed by atoms with Gasteiger partial charge in [-0.3, -0.25) is 0 Å². The lowest BCUT2D eigenvalue weighted by molar-refractivity contribution is -0.108. The molecule has 10 heteroatoms. The number of hydrogen-bond acceptors (Lipinski definition) is 5. The van der Waals surface area contributed by atoms with Crippen molar-refractivity contribution in [2.24, 2.45) is 0 Å². The number of nitrogens with one attached hydrogen (secondary N) is 1. The van der Waals surface area contributed by atoms with Crippen molar-refractivity contribution in [2.45, 2.75) is 62.8 Å². The SMILES string of the molecule is O=CC[C@H](Cn1cc(CCO)c2c(Cl)nc(I)cc21)NS(=O)(=O)C1CCCCC1. The fourth-order valence-electron chi connectivity index (χ4n) is 4.00. The second-order valence-corrected chi connectivity index (χ2v) is 10.9. The highest BCUT2D eigenvalue weighted by Crippen LogP contribution is 2.30. The summed E-state index contributed by atoms with van der Waals surface area (Å²) in [6.45, 7) is 0.260. The summed E-state index contributed by atoms with van der Waals surface area (Å²) < 4.78 is 31.1. The molecule has 0 amide bonds. The van der Waals surface area contributed by atoms with Crippen molar-refractivity contribution >= 4 is 61.4 Å². The monoisotopic (exact) mass is 553 g/mol. The zero-order valence-corrected chi connectivity index (χ0v) is 19.7. The lowest BCUT2D eigenvalue weighted by atomic mass is 10.0. The molecule has 2 aromatic rings. The van der Waals surface area contributed by atoms with Crippen LogP contribution in [0, 0.1) is 3.70 Å². The average Bonchev–Trinajstić information content (AvgIpc) is 3.00. The molecule has 1 fully saturated rings. The van der Waals surface area contributed by atoms with Crippen molar-refractivity contribution < 1.29 is 18.3 Å². The van der Waals surface area contributed by atoms with Crippen LogP contribution in [0.15, 0.2) is 12.3 Å². The number of aromatic nitrogens is 2. The molecular formula is C19H25ClIN3O4S. The van der Waals surface area contributed by atoms with Gasteiger partial charge in [-0.15, -0.1) is 0 Å². The summed E-state index contributed by atoms with van der Waals surface area (Å²) in [6, 6.07) is 1.32. The second kappa shape index (κ2) is 10.0. The van der Waals surface area contributed by atoms with Crippen LogP contribution in [0.2, 0.25) is 5.15 Å². The van der Waals surface area contributed by atoms with Gasteiger partial charge in [0.15, 0.2) is 0 Å². The van der Waals surface area contributed by atoms with Crippen molar-refractivity contribution in [3.05, 3.63) is 26.7 Å². The summed E-state index contributed by atoms with van der Waals surface area (Å²) in [5.41, 5.74) is 1.65. The number of aliphatic hydroxyl groups is 1. The Morgan fingerprint density at radius 3 is 2.76 bits per heavy atom. The largest absolute Gasteiger partial charge is 0.396 e. The number of sulfonamides is 1. The van der Waals surface area contributed by atoms with Gasteiger partial charge in [-0.2, -0.15) is 0 Å². The molecule has 2 aromatic heterocycles. The molecule has 1 aliphatic rings. The molecule has 2 N–H and O–H groups in total. The zero-order chi connectivity index (χ0) is 21.0. The Morgan fingerprint density at radius 2 is 2.10 bits per heavy atom. The van der Waals surface area contributed by atoms with E-state index in [4.69, 9.17) is 11.6 Å². The van der Waals surface area contributed by atoms with Gasteiger partial charge in [-0.1, -0.05) is 30.9 Å². The minimum absolute atomic E-state index is 0.0342. The van der Waals surface area contributed by atoms with E-state index in [9.17, 15) is 18.3 Å². The number of aldehydes is 1. The van der Waals surface area contributed by atoms with Gasteiger partial charge in [-0.05, 0) is 53.5 Å². The minimum atomic E-state index is -3.50. The standard InChI is InChI=1S/C19H25ClIN3O4S/c20-19-18-13(6-8-25)11-24(16(18)10-17(21)22-19)12-14(7-9-26)23-29(27,28)15-4-2-1-3-5-15/h9-11,14-15,23,25H,1-8,12H2/t14-/m1/s1. The molecule has 3 rings (SSSR count). The summed E-state index contributed by atoms with van der Waals surface area (Å²) in [4.78, 5) is 15.5. The first-order valence-electron chi connectivity index (χ1n) is 9.75. The van der Waals surface area contributed by atoms with Crippen molar-refractivity contribution in [1.82, 2.24) is 14.3 Å². The van der Waals surface area contributed by atoms with Crippen molar-refractivity contribution in [3.8, 4) is 0 Å². The summed E-state index contributed by atoms with van der Waals surface area (Å²) in [7, 11) is -3.50. The van der Waals surface area contributed by atoms with E-state index in [1.54, 1.807) is 0 Å². The van der Waals surface area contributed by atoms with Crippen LogP contribution in [0.3, 0.4) is 0 Å². The molecule has 0 aliphatic heterocycles. The van der Waals surface area contributed by atoms with Crippen molar-refractivity contribution in [1.29, 1.82) is 0 Å². The Balaban J connectivity index is 1.90.